The molecular weight excluding hydrogens is 320 g/mol. The highest BCUT2D eigenvalue weighted by atomic mass is 16.7. The Balaban J connectivity index is 1.67. The highest BCUT2D eigenvalue weighted by Crippen LogP contribution is 2.26. The third-order valence-corrected chi connectivity index (χ3v) is 4.35. The van der Waals surface area contributed by atoms with Gasteiger partial charge in [0.05, 0.1) is 19.3 Å². The number of hydrogen-bond donors (Lipinski definition) is 2. The predicted octanol–water partition coefficient (Wildman–Crippen LogP) is 2.26. The van der Waals surface area contributed by atoms with E-state index in [1.165, 1.54) is 0 Å². The van der Waals surface area contributed by atoms with E-state index < -0.39 is 30.7 Å². The van der Waals surface area contributed by atoms with Crippen LogP contribution in [0.25, 0.3) is 0 Å². The maximum absolute atomic E-state index is 10.5. The van der Waals surface area contributed by atoms with Crippen LogP contribution in [0.2, 0.25) is 0 Å². The molecule has 1 aliphatic rings. The van der Waals surface area contributed by atoms with E-state index >= 15 is 0 Å². The van der Waals surface area contributed by atoms with Gasteiger partial charge in [0.15, 0.2) is 6.29 Å². The van der Waals surface area contributed by atoms with Crippen molar-refractivity contribution in [1.29, 1.82) is 0 Å². The Morgan fingerprint density at radius 2 is 1.28 bits per heavy atom. The van der Waals surface area contributed by atoms with Crippen molar-refractivity contribution in [2.45, 2.75) is 50.8 Å². The van der Waals surface area contributed by atoms with Crippen LogP contribution < -0.4 is 0 Å². The summed E-state index contributed by atoms with van der Waals surface area (Å²) in [4.78, 5) is 0. The zero-order chi connectivity index (χ0) is 17.6. The smallest absolute Gasteiger partial charge is 0.184 e. The molecule has 2 unspecified atom stereocenters. The van der Waals surface area contributed by atoms with Gasteiger partial charge in [-0.05, 0) is 18.1 Å². The molecule has 2 aromatic rings. The Labute approximate surface area is 147 Å². The van der Waals surface area contributed by atoms with E-state index in [0.29, 0.717) is 13.2 Å². The molecule has 1 saturated heterocycles. The van der Waals surface area contributed by atoms with E-state index in [2.05, 4.69) is 0 Å². The molecule has 1 aliphatic heterocycles. The molecule has 2 aromatic carbocycles. The second-order valence-corrected chi connectivity index (χ2v) is 6.24. The third kappa shape index (κ3) is 4.66. The highest BCUT2D eigenvalue weighted by molar-refractivity contribution is 5.14. The van der Waals surface area contributed by atoms with Gasteiger partial charge in [-0.1, -0.05) is 60.7 Å². The van der Waals surface area contributed by atoms with Gasteiger partial charge in [0.25, 0.3) is 0 Å². The topological polar surface area (TPSA) is 68.2 Å². The van der Waals surface area contributed by atoms with Crippen LogP contribution in [0.3, 0.4) is 0 Å². The van der Waals surface area contributed by atoms with Gasteiger partial charge in [-0.2, -0.15) is 0 Å². The molecule has 0 amide bonds. The quantitative estimate of drug-likeness (QED) is 0.841. The molecule has 2 N–H and O–H groups in total. The van der Waals surface area contributed by atoms with Crippen LogP contribution in [0.5, 0.6) is 0 Å². The summed E-state index contributed by atoms with van der Waals surface area (Å²) in [5, 5.41) is 20.7. The average Bonchev–Trinajstić information content (AvgIpc) is 2.64. The van der Waals surface area contributed by atoms with Crippen LogP contribution in [0.15, 0.2) is 60.7 Å². The summed E-state index contributed by atoms with van der Waals surface area (Å²) in [6.07, 6.45) is -4.01. The zero-order valence-corrected chi connectivity index (χ0v) is 14.2. The Morgan fingerprint density at radius 1 is 0.800 bits per heavy atom. The number of rotatable bonds is 6. The van der Waals surface area contributed by atoms with Crippen LogP contribution >= 0.6 is 0 Å². The molecule has 134 valence electrons. The summed E-state index contributed by atoms with van der Waals surface area (Å²) in [7, 11) is 0. The first kappa shape index (κ1) is 18.0. The van der Waals surface area contributed by atoms with Crippen molar-refractivity contribution < 1.29 is 24.4 Å². The first-order chi connectivity index (χ1) is 12.1. The molecular formula is C20H24O5. The van der Waals surface area contributed by atoms with Crippen molar-refractivity contribution in [2.75, 3.05) is 0 Å². The van der Waals surface area contributed by atoms with Crippen molar-refractivity contribution in [3.63, 3.8) is 0 Å². The Morgan fingerprint density at radius 3 is 1.80 bits per heavy atom. The van der Waals surface area contributed by atoms with Crippen LogP contribution in [0, 0.1) is 0 Å². The lowest BCUT2D eigenvalue weighted by Gasteiger charge is -2.41. The van der Waals surface area contributed by atoms with Gasteiger partial charge in [0.1, 0.15) is 18.3 Å². The van der Waals surface area contributed by atoms with Crippen molar-refractivity contribution in [3.05, 3.63) is 71.8 Å². The lowest BCUT2D eigenvalue weighted by atomic mass is 9.99. The fourth-order valence-corrected chi connectivity index (χ4v) is 2.91. The lowest BCUT2D eigenvalue weighted by Crippen LogP contribution is -2.58. The maximum Gasteiger partial charge on any atom is 0.184 e. The van der Waals surface area contributed by atoms with Gasteiger partial charge in [-0.15, -0.1) is 0 Å². The predicted molar refractivity (Wildman–Crippen MR) is 92.6 cm³/mol. The summed E-state index contributed by atoms with van der Waals surface area (Å²) in [5.74, 6) is 0. The monoisotopic (exact) mass is 344 g/mol. The Kier molecular flexibility index (Phi) is 6.18. The Hall–Kier alpha value is -1.76. The van der Waals surface area contributed by atoms with E-state index in [-0.39, 0.29) is 0 Å². The van der Waals surface area contributed by atoms with Crippen molar-refractivity contribution in [2.24, 2.45) is 0 Å². The maximum atomic E-state index is 10.5. The number of aliphatic hydroxyl groups is 2. The summed E-state index contributed by atoms with van der Waals surface area (Å²) >= 11 is 0. The number of aliphatic hydroxyl groups excluding tert-OH is 2. The van der Waals surface area contributed by atoms with Gasteiger partial charge >= 0.3 is 0 Å². The molecule has 0 aromatic heterocycles. The Bertz CT molecular complexity index is 633. The standard InChI is InChI=1S/C20H24O5/c1-14-17(21)18(23-12-15-8-4-2-5-9-15)19(20(22)25-14)24-13-16-10-6-3-7-11-16/h2-11,14,17-22H,12-13H2,1H3/t14?,17-,18+,19?,20-/m1/s1. The van der Waals surface area contributed by atoms with Crippen molar-refractivity contribution in [3.8, 4) is 0 Å². The first-order valence-electron chi connectivity index (χ1n) is 8.48. The first-order valence-corrected chi connectivity index (χ1v) is 8.48. The minimum Gasteiger partial charge on any atom is -0.388 e. The molecule has 1 fully saturated rings. The number of benzene rings is 2. The second-order valence-electron chi connectivity index (χ2n) is 6.24. The number of hydrogen-bond acceptors (Lipinski definition) is 5. The normalized spacial score (nSPS) is 29.5. The molecule has 1 heterocycles. The van der Waals surface area contributed by atoms with Crippen molar-refractivity contribution >= 4 is 0 Å². The summed E-state index contributed by atoms with van der Waals surface area (Å²) in [5.41, 5.74) is 1.97. The van der Waals surface area contributed by atoms with Crippen LogP contribution in [-0.4, -0.2) is 40.9 Å². The lowest BCUT2D eigenvalue weighted by molar-refractivity contribution is -0.300. The van der Waals surface area contributed by atoms with Gasteiger partial charge in [0, 0.05) is 0 Å². The molecule has 0 bridgehead atoms. The molecule has 0 saturated carbocycles. The van der Waals surface area contributed by atoms with Gasteiger partial charge in [0.2, 0.25) is 0 Å². The molecule has 0 radical (unpaired) electrons. The molecule has 5 atom stereocenters. The summed E-state index contributed by atoms with van der Waals surface area (Å²) < 4.78 is 17.1. The van der Waals surface area contributed by atoms with E-state index in [4.69, 9.17) is 14.2 Å². The van der Waals surface area contributed by atoms with E-state index in [1.807, 2.05) is 60.7 Å². The summed E-state index contributed by atoms with van der Waals surface area (Å²) in [6, 6.07) is 19.4. The van der Waals surface area contributed by atoms with Crippen LogP contribution in [0.4, 0.5) is 0 Å². The minimum absolute atomic E-state index is 0.304. The highest BCUT2D eigenvalue weighted by Gasteiger charge is 2.44. The largest absolute Gasteiger partial charge is 0.388 e. The van der Waals surface area contributed by atoms with E-state index in [9.17, 15) is 10.2 Å². The van der Waals surface area contributed by atoms with Crippen molar-refractivity contribution in [1.82, 2.24) is 0 Å². The fourth-order valence-electron chi connectivity index (χ4n) is 2.91. The van der Waals surface area contributed by atoms with Crippen LogP contribution in [-0.2, 0) is 27.4 Å². The minimum atomic E-state index is -1.15. The SMILES string of the molecule is CC1O[C@@H](O)C(OCc2ccccc2)[C@@H](OCc2ccccc2)[C@@H]1O. The molecule has 0 spiro atoms. The second kappa shape index (κ2) is 8.56. The molecule has 5 nitrogen and oxygen atoms in total. The zero-order valence-electron chi connectivity index (χ0n) is 14.2. The van der Waals surface area contributed by atoms with Gasteiger partial charge in [-0.3, -0.25) is 0 Å². The van der Waals surface area contributed by atoms with Gasteiger partial charge < -0.3 is 24.4 Å². The van der Waals surface area contributed by atoms with E-state index in [0.717, 1.165) is 11.1 Å². The number of ether oxygens (including phenoxy) is 3. The molecule has 5 heteroatoms. The molecule has 25 heavy (non-hydrogen) atoms. The molecule has 0 aliphatic carbocycles. The van der Waals surface area contributed by atoms with E-state index in [1.54, 1.807) is 6.92 Å². The summed E-state index contributed by atoms with van der Waals surface area (Å²) in [6.45, 7) is 2.34. The third-order valence-electron chi connectivity index (χ3n) is 4.35. The fraction of sp³-hybridized carbons (Fsp3) is 0.400. The molecule has 3 rings (SSSR count). The van der Waals surface area contributed by atoms with Gasteiger partial charge in [-0.25, -0.2) is 0 Å². The average molecular weight is 344 g/mol. The van der Waals surface area contributed by atoms with Crippen LogP contribution in [0.1, 0.15) is 18.1 Å².